The molecule has 2 rings (SSSR count). The van der Waals surface area contributed by atoms with Crippen molar-refractivity contribution >= 4 is 5.97 Å². The Hall–Kier alpha value is -0.570. The van der Waals surface area contributed by atoms with E-state index in [1.54, 1.807) is 0 Å². The smallest absolute Gasteiger partial charge is 0.308 e. The number of hydrogen-bond donors (Lipinski definition) is 1. The second kappa shape index (κ2) is 7.28. The summed E-state index contributed by atoms with van der Waals surface area (Å²) in [4.78, 5) is 13.6. The van der Waals surface area contributed by atoms with E-state index in [9.17, 15) is 4.79 Å². The molecule has 0 aromatic rings. The lowest BCUT2D eigenvalue weighted by Gasteiger charge is -2.36. The molecule has 1 saturated carbocycles. The van der Waals surface area contributed by atoms with Crippen LogP contribution < -0.4 is 4.90 Å². The standard InChI is InChI=1S/C16H29NO2/c1-3-19-16(18)13(2)12-14-8-4-5-9-15(14)17-10-6-7-11-17/h13-15H,3-12H2,1-2H3/p+1. The van der Waals surface area contributed by atoms with Crippen molar-refractivity contribution < 1.29 is 14.4 Å². The number of hydrogen-bond acceptors (Lipinski definition) is 2. The second-order valence-corrected chi connectivity index (χ2v) is 6.41. The summed E-state index contributed by atoms with van der Waals surface area (Å²) in [5.74, 6) is 0.817. The monoisotopic (exact) mass is 268 g/mol. The maximum Gasteiger partial charge on any atom is 0.308 e. The Morgan fingerprint density at radius 1 is 1.21 bits per heavy atom. The highest BCUT2D eigenvalue weighted by molar-refractivity contribution is 5.71. The van der Waals surface area contributed by atoms with Gasteiger partial charge in [-0.3, -0.25) is 4.79 Å². The van der Waals surface area contributed by atoms with Gasteiger partial charge >= 0.3 is 5.97 Å². The molecule has 3 atom stereocenters. The minimum Gasteiger partial charge on any atom is -0.466 e. The molecule has 1 aliphatic carbocycles. The van der Waals surface area contributed by atoms with Crippen LogP contribution in [-0.4, -0.2) is 31.7 Å². The third-order valence-electron chi connectivity index (χ3n) is 5.02. The molecule has 1 aliphatic heterocycles. The van der Waals surface area contributed by atoms with Gasteiger partial charge in [-0.2, -0.15) is 0 Å². The van der Waals surface area contributed by atoms with Gasteiger partial charge in [-0.1, -0.05) is 13.3 Å². The Balaban J connectivity index is 1.89. The normalized spacial score (nSPS) is 30.2. The molecule has 0 spiro atoms. The predicted molar refractivity (Wildman–Crippen MR) is 76.1 cm³/mol. The molecule has 2 aliphatic rings. The van der Waals surface area contributed by atoms with Gasteiger partial charge in [-0.25, -0.2) is 0 Å². The van der Waals surface area contributed by atoms with Crippen molar-refractivity contribution in [2.45, 2.75) is 64.8 Å². The summed E-state index contributed by atoms with van der Waals surface area (Å²) in [5, 5.41) is 0. The average molecular weight is 268 g/mol. The summed E-state index contributed by atoms with van der Waals surface area (Å²) >= 11 is 0. The molecule has 3 heteroatoms. The minimum absolute atomic E-state index is 0.00301. The van der Waals surface area contributed by atoms with Gasteiger partial charge in [-0.15, -0.1) is 0 Å². The zero-order chi connectivity index (χ0) is 13.7. The molecule has 3 unspecified atom stereocenters. The van der Waals surface area contributed by atoms with Gasteiger partial charge < -0.3 is 9.64 Å². The van der Waals surface area contributed by atoms with Crippen LogP contribution in [0, 0.1) is 11.8 Å². The third-order valence-corrected chi connectivity index (χ3v) is 5.02. The summed E-state index contributed by atoms with van der Waals surface area (Å²) in [6, 6.07) is 0.813. The second-order valence-electron chi connectivity index (χ2n) is 6.41. The zero-order valence-electron chi connectivity index (χ0n) is 12.6. The maximum atomic E-state index is 11.8. The Morgan fingerprint density at radius 3 is 2.58 bits per heavy atom. The van der Waals surface area contributed by atoms with Crippen molar-refractivity contribution in [3.63, 3.8) is 0 Å². The largest absolute Gasteiger partial charge is 0.466 e. The SMILES string of the molecule is CCOC(=O)C(C)CC1CCCCC1[NH+]1CCCC1. The molecule has 2 fully saturated rings. The third kappa shape index (κ3) is 3.95. The Labute approximate surface area is 117 Å². The first-order chi connectivity index (χ1) is 9.22. The summed E-state index contributed by atoms with van der Waals surface area (Å²) in [5.41, 5.74) is 0. The molecule has 1 N–H and O–H groups in total. The van der Waals surface area contributed by atoms with Crippen molar-refractivity contribution in [3.8, 4) is 0 Å². The first-order valence-corrected chi connectivity index (χ1v) is 8.23. The van der Waals surface area contributed by atoms with E-state index < -0.39 is 0 Å². The molecule has 0 bridgehead atoms. The lowest BCUT2D eigenvalue weighted by Crippen LogP contribution is -3.14. The van der Waals surface area contributed by atoms with E-state index >= 15 is 0 Å². The van der Waals surface area contributed by atoms with E-state index in [4.69, 9.17) is 4.74 Å². The molecular weight excluding hydrogens is 238 g/mol. The maximum absolute atomic E-state index is 11.8. The van der Waals surface area contributed by atoms with Crippen LogP contribution in [0.15, 0.2) is 0 Å². The number of carbonyl (C=O) groups excluding carboxylic acids is 1. The fraction of sp³-hybridized carbons (Fsp3) is 0.938. The van der Waals surface area contributed by atoms with E-state index in [-0.39, 0.29) is 11.9 Å². The lowest BCUT2D eigenvalue weighted by molar-refractivity contribution is -0.919. The molecule has 0 radical (unpaired) electrons. The van der Waals surface area contributed by atoms with Gasteiger partial charge in [0.1, 0.15) is 0 Å². The van der Waals surface area contributed by atoms with E-state index in [0.29, 0.717) is 6.61 Å². The van der Waals surface area contributed by atoms with E-state index in [2.05, 4.69) is 0 Å². The fourth-order valence-corrected chi connectivity index (χ4v) is 4.06. The fourth-order valence-electron chi connectivity index (χ4n) is 4.06. The number of esters is 1. The number of carbonyl (C=O) groups is 1. The van der Waals surface area contributed by atoms with E-state index in [1.807, 2.05) is 18.7 Å². The number of ether oxygens (including phenoxy) is 1. The summed E-state index contributed by atoms with van der Waals surface area (Å²) in [7, 11) is 0. The molecule has 19 heavy (non-hydrogen) atoms. The van der Waals surface area contributed by atoms with Crippen LogP contribution in [0.1, 0.15) is 58.8 Å². The van der Waals surface area contributed by atoms with E-state index in [1.165, 1.54) is 51.6 Å². The van der Waals surface area contributed by atoms with Crippen molar-refractivity contribution in [2.75, 3.05) is 19.7 Å². The van der Waals surface area contributed by atoms with Crippen LogP contribution in [-0.2, 0) is 9.53 Å². The van der Waals surface area contributed by atoms with Crippen molar-refractivity contribution in [1.82, 2.24) is 0 Å². The molecule has 0 aromatic carbocycles. The van der Waals surface area contributed by atoms with Crippen molar-refractivity contribution in [3.05, 3.63) is 0 Å². The zero-order valence-corrected chi connectivity index (χ0v) is 12.6. The predicted octanol–water partition coefficient (Wildman–Crippen LogP) is 1.81. The van der Waals surface area contributed by atoms with Crippen LogP contribution in [0.2, 0.25) is 0 Å². The highest BCUT2D eigenvalue weighted by Gasteiger charge is 2.36. The van der Waals surface area contributed by atoms with Crippen LogP contribution in [0.25, 0.3) is 0 Å². The Morgan fingerprint density at radius 2 is 1.89 bits per heavy atom. The average Bonchev–Trinajstić information content (AvgIpc) is 2.93. The molecular formula is C16H30NO2+. The number of quaternary nitrogens is 1. The topological polar surface area (TPSA) is 30.7 Å². The first kappa shape index (κ1) is 14.8. The van der Waals surface area contributed by atoms with Gasteiger partial charge in [0.2, 0.25) is 0 Å². The van der Waals surface area contributed by atoms with Gasteiger partial charge in [0, 0.05) is 18.8 Å². The molecule has 1 heterocycles. The Kier molecular flexibility index (Phi) is 5.68. The quantitative estimate of drug-likeness (QED) is 0.771. The first-order valence-electron chi connectivity index (χ1n) is 8.23. The summed E-state index contributed by atoms with van der Waals surface area (Å²) < 4.78 is 5.16. The number of likely N-dealkylation sites (tertiary alicyclic amines) is 1. The highest BCUT2D eigenvalue weighted by Crippen LogP contribution is 2.29. The lowest BCUT2D eigenvalue weighted by atomic mass is 9.78. The van der Waals surface area contributed by atoms with Gasteiger partial charge in [0.15, 0.2) is 0 Å². The van der Waals surface area contributed by atoms with Crippen LogP contribution in [0.4, 0.5) is 0 Å². The summed E-state index contributed by atoms with van der Waals surface area (Å²) in [6.07, 6.45) is 9.25. The minimum atomic E-state index is 0.00301. The van der Waals surface area contributed by atoms with Crippen LogP contribution in [0.3, 0.4) is 0 Å². The molecule has 0 aromatic heterocycles. The Bertz CT molecular complexity index is 286. The highest BCUT2D eigenvalue weighted by atomic mass is 16.5. The van der Waals surface area contributed by atoms with Crippen molar-refractivity contribution in [2.24, 2.45) is 11.8 Å². The van der Waals surface area contributed by atoms with Crippen molar-refractivity contribution in [1.29, 1.82) is 0 Å². The molecule has 110 valence electrons. The number of rotatable bonds is 5. The molecule has 1 saturated heterocycles. The van der Waals surface area contributed by atoms with Gasteiger partial charge in [0.05, 0.1) is 31.7 Å². The van der Waals surface area contributed by atoms with E-state index in [0.717, 1.165) is 18.4 Å². The van der Waals surface area contributed by atoms with Crippen LogP contribution in [0.5, 0.6) is 0 Å². The van der Waals surface area contributed by atoms with Crippen LogP contribution >= 0.6 is 0 Å². The molecule has 3 nitrogen and oxygen atoms in total. The summed E-state index contributed by atoms with van der Waals surface area (Å²) in [6.45, 7) is 7.16. The number of nitrogens with one attached hydrogen (secondary N) is 1. The molecule has 0 amide bonds. The van der Waals surface area contributed by atoms with Gasteiger partial charge in [-0.05, 0) is 32.6 Å². The van der Waals surface area contributed by atoms with Gasteiger partial charge in [0.25, 0.3) is 0 Å².